The molecule has 45 heavy (non-hydrogen) atoms. The van der Waals surface area contributed by atoms with Crippen LogP contribution in [0.5, 0.6) is 5.75 Å². The van der Waals surface area contributed by atoms with Gasteiger partial charge in [-0.3, -0.25) is 4.90 Å². The molecule has 7 rings (SSSR count). The molecule has 2 bridgehead atoms. The molecule has 1 amide bonds. The quantitative estimate of drug-likeness (QED) is 0.480. The van der Waals surface area contributed by atoms with E-state index in [-0.39, 0.29) is 11.8 Å². The molecular weight excluding hydrogens is 566 g/mol. The smallest absolute Gasteiger partial charge is 0.410 e. The Morgan fingerprint density at radius 2 is 1.71 bits per heavy atom. The Hall–Kier alpha value is -3.11. The first kappa shape index (κ1) is 30.5. The number of piperidine rings is 2. The largest absolute Gasteiger partial charge is 0.507 e. The van der Waals surface area contributed by atoms with Crippen molar-refractivity contribution in [2.45, 2.75) is 95.9 Å². The molecule has 5 aliphatic rings. The minimum Gasteiger partial charge on any atom is -0.507 e. The fraction of sp³-hybridized carbons (Fsp3) is 0.686. The summed E-state index contributed by atoms with van der Waals surface area (Å²) in [5.41, 5.74) is 8.62. The summed E-state index contributed by atoms with van der Waals surface area (Å²) < 4.78 is 5.62. The summed E-state index contributed by atoms with van der Waals surface area (Å²) in [7, 11) is 0. The Balaban J connectivity index is 0.920. The van der Waals surface area contributed by atoms with Gasteiger partial charge in [0.2, 0.25) is 0 Å². The number of benzene rings is 1. The van der Waals surface area contributed by atoms with Crippen molar-refractivity contribution < 1.29 is 14.6 Å². The van der Waals surface area contributed by atoms with Crippen molar-refractivity contribution in [2.24, 2.45) is 11.3 Å². The molecule has 0 radical (unpaired) electrons. The van der Waals surface area contributed by atoms with Gasteiger partial charge in [-0.2, -0.15) is 0 Å². The van der Waals surface area contributed by atoms with E-state index in [0.717, 1.165) is 50.6 Å². The maximum Gasteiger partial charge on any atom is 0.410 e. The minimum absolute atomic E-state index is 0.153. The van der Waals surface area contributed by atoms with E-state index in [1.807, 2.05) is 49.9 Å². The number of nitrogens with zero attached hydrogens (tertiary/aromatic N) is 6. The van der Waals surface area contributed by atoms with Crippen molar-refractivity contribution in [1.82, 2.24) is 24.9 Å². The average molecular weight is 618 g/mol. The first-order valence-electron chi connectivity index (χ1n) is 17.2. The van der Waals surface area contributed by atoms with Gasteiger partial charge in [0.25, 0.3) is 0 Å². The maximum atomic E-state index is 12.5. The number of hydrogen-bond acceptors (Lipinski definition) is 9. The number of nitrogens with two attached hydrogens (primary N) is 1. The van der Waals surface area contributed by atoms with Gasteiger partial charge in [0.15, 0.2) is 5.82 Å². The molecule has 3 N–H and O–H groups in total. The van der Waals surface area contributed by atoms with Gasteiger partial charge in [-0.25, -0.2) is 4.79 Å². The number of likely N-dealkylation sites (tertiary alicyclic amines) is 2. The van der Waals surface area contributed by atoms with Crippen LogP contribution in [0.1, 0.15) is 72.1 Å². The number of hydrogen-bond donors (Lipinski definition) is 2. The normalized spacial score (nSPS) is 27.5. The molecule has 1 aromatic heterocycles. The molecule has 5 fully saturated rings. The van der Waals surface area contributed by atoms with Crippen LogP contribution in [0.3, 0.4) is 0 Å². The van der Waals surface area contributed by atoms with E-state index in [9.17, 15) is 9.90 Å². The fourth-order valence-corrected chi connectivity index (χ4v) is 8.92. The lowest BCUT2D eigenvalue weighted by atomic mass is 9.59. The third kappa shape index (κ3) is 6.32. The van der Waals surface area contributed by atoms with E-state index in [0.29, 0.717) is 40.6 Å². The van der Waals surface area contributed by atoms with Gasteiger partial charge >= 0.3 is 6.09 Å². The van der Waals surface area contributed by atoms with E-state index in [1.54, 1.807) is 6.07 Å². The molecule has 10 nitrogen and oxygen atoms in total. The number of nitrogen functional groups attached to an aromatic ring is 1. The van der Waals surface area contributed by atoms with Gasteiger partial charge in [0.1, 0.15) is 11.4 Å². The molecule has 1 aliphatic carbocycles. The number of aromatic hydroxyl groups is 1. The number of carbonyl (C=O) groups excluding carboxylic acids is 1. The van der Waals surface area contributed by atoms with Crippen LogP contribution < -0.4 is 10.6 Å². The summed E-state index contributed by atoms with van der Waals surface area (Å²) in [6.45, 7) is 13.0. The summed E-state index contributed by atoms with van der Waals surface area (Å²) >= 11 is 0. The summed E-state index contributed by atoms with van der Waals surface area (Å²) in [4.78, 5) is 22.5. The number of phenolic OH excluding ortho intramolecular Hbond substituents is 1. The highest BCUT2D eigenvalue weighted by atomic mass is 16.6. The lowest BCUT2D eigenvalue weighted by Crippen LogP contribution is -2.59. The molecular formula is C35H51N7O3. The zero-order valence-corrected chi connectivity index (χ0v) is 27.3. The van der Waals surface area contributed by atoms with Crippen LogP contribution in [0.15, 0.2) is 30.3 Å². The lowest BCUT2D eigenvalue weighted by molar-refractivity contribution is -0.0597. The first-order valence-corrected chi connectivity index (χ1v) is 17.2. The van der Waals surface area contributed by atoms with Crippen LogP contribution in [0.4, 0.5) is 16.3 Å². The van der Waals surface area contributed by atoms with Crippen molar-refractivity contribution in [3.8, 4) is 17.0 Å². The van der Waals surface area contributed by atoms with Gasteiger partial charge in [-0.05, 0) is 108 Å². The van der Waals surface area contributed by atoms with Crippen LogP contribution in [0.2, 0.25) is 0 Å². The maximum absolute atomic E-state index is 12.5. The number of carbonyl (C=O) groups is 1. The topological polar surface area (TPSA) is 111 Å². The van der Waals surface area contributed by atoms with Crippen molar-refractivity contribution in [2.75, 3.05) is 56.4 Å². The van der Waals surface area contributed by atoms with E-state index in [1.165, 1.54) is 58.2 Å². The third-order valence-corrected chi connectivity index (χ3v) is 11.3. The molecule has 3 atom stereocenters. The van der Waals surface area contributed by atoms with Gasteiger partial charge in [-0.1, -0.05) is 12.1 Å². The van der Waals surface area contributed by atoms with Crippen LogP contribution in [0, 0.1) is 11.3 Å². The number of ether oxygens (including phenoxy) is 1. The molecule has 10 heteroatoms. The van der Waals surface area contributed by atoms with E-state index < -0.39 is 5.60 Å². The predicted octanol–water partition coefficient (Wildman–Crippen LogP) is 4.98. The molecule has 2 unspecified atom stereocenters. The predicted molar refractivity (Wildman–Crippen MR) is 176 cm³/mol. The highest BCUT2D eigenvalue weighted by Gasteiger charge is 2.49. The molecule has 4 aliphatic heterocycles. The standard InChI is InChI=1S/C35H51N7O3/c1-34(2,3)45-33(44)39-15-12-35(13-16-39)18-27(19-35)40-14-6-7-24(20-40)21-42-25-10-11-26(42)23-41(22-25)30-17-29(37-38-32(30)36)28-8-4-5-9-31(28)43/h4-5,8-9,17,24-27,43H,6-7,10-16,18-23H2,1-3H3,(H2,36,38)/t24-,25?,26?/m1/s1. The van der Waals surface area contributed by atoms with Crippen LogP contribution in [0.25, 0.3) is 11.3 Å². The summed E-state index contributed by atoms with van der Waals surface area (Å²) in [6, 6.07) is 11.0. The number of fused-ring (bicyclic) bond motifs is 2. The van der Waals surface area contributed by atoms with Crippen molar-refractivity contribution in [3.05, 3.63) is 30.3 Å². The highest BCUT2D eigenvalue weighted by Crippen LogP contribution is 2.51. The second-order valence-electron chi connectivity index (χ2n) is 15.5. The fourth-order valence-electron chi connectivity index (χ4n) is 8.92. The molecule has 1 aromatic carbocycles. The zero-order valence-electron chi connectivity index (χ0n) is 27.3. The average Bonchev–Trinajstić information content (AvgIpc) is 3.21. The number of piperazine rings is 1. The first-order chi connectivity index (χ1) is 21.6. The second kappa shape index (κ2) is 11.9. The van der Waals surface area contributed by atoms with Crippen molar-refractivity contribution in [3.63, 3.8) is 0 Å². The van der Waals surface area contributed by atoms with Gasteiger partial charge in [-0.15, -0.1) is 10.2 Å². The Morgan fingerprint density at radius 1 is 1.00 bits per heavy atom. The number of rotatable bonds is 5. The number of phenols is 1. The Bertz CT molecular complexity index is 1370. The van der Waals surface area contributed by atoms with Crippen LogP contribution in [-0.2, 0) is 4.74 Å². The number of amides is 1. The van der Waals surface area contributed by atoms with Crippen molar-refractivity contribution >= 4 is 17.6 Å². The van der Waals surface area contributed by atoms with Gasteiger partial charge in [0.05, 0.1) is 11.4 Å². The van der Waals surface area contributed by atoms with Gasteiger partial charge < -0.3 is 30.3 Å². The highest BCUT2D eigenvalue weighted by molar-refractivity contribution is 5.74. The van der Waals surface area contributed by atoms with Crippen LogP contribution in [-0.4, -0.2) is 106 Å². The SMILES string of the molecule is CC(C)(C)OC(=O)N1CCC2(CC1)CC(N1CCC[C@@H](CN3C4CCC3CN(c3cc(-c5ccccc5O)nnc3N)C4)C1)C2. The summed E-state index contributed by atoms with van der Waals surface area (Å²) in [5, 5.41) is 19.0. The van der Waals surface area contributed by atoms with E-state index >= 15 is 0 Å². The molecule has 5 heterocycles. The Labute approximate surface area is 267 Å². The summed E-state index contributed by atoms with van der Waals surface area (Å²) in [6.07, 6.45) is 9.72. The summed E-state index contributed by atoms with van der Waals surface area (Å²) in [5.74, 6) is 1.38. The number of aromatic nitrogens is 2. The van der Waals surface area contributed by atoms with E-state index in [2.05, 4.69) is 24.9 Å². The van der Waals surface area contributed by atoms with E-state index in [4.69, 9.17) is 10.5 Å². The third-order valence-electron chi connectivity index (χ3n) is 11.3. The monoisotopic (exact) mass is 617 g/mol. The Morgan fingerprint density at radius 3 is 2.40 bits per heavy atom. The zero-order chi connectivity index (χ0) is 31.3. The van der Waals surface area contributed by atoms with Crippen LogP contribution >= 0.6 is 0 Å². The minimum atomic E-state index is -0.436. The lowest BCUT2D eigenvalue weighted by Gasteiger charge is -2.56. The van der Waals surface area contributed by atoms with Gasteiger partial charge in [0, 0.05) is 63.0 Å². The Kier molecular flexibility index (Phi) is 8.09. The molecule has 4 saturated heterocycles. The number of anilines is 2. The number of para-hydroxylation sites is 1. The second-order valence-corrected chi connectivity index (χ2v) is 15.5. The van der Waals surface area contributed by atoms with Crippen molar-refractivity contribution in [1.29, 1.82) is 0 Å². The molecule has 2 aromatic rings. The molecule has 1 saturated carbocycles. The molecule has 1 spiro atoms. The molecule has 244 valence electrons.